The molecule has 0 radical (unpaired) electrons. The topological polar surface area (TPSA) is 23.9 Å². The van der Waals surface area contributed by atoms with E-state index in [1.54, 1.807) is 0 Å². The minimum Gasteiger partial charge on any atom is -0.305 e. The van der Waals surface area contributed by atoms with E-state index in [0.29, 0.717) is 11.8 Å². The quantitative estimate of drug-likeness (QED) is 0.571. The van der Waals surface area contributed by atoms with Crippen LogP contribution in [0.1, 0.15) is 13.8 Å². The molecule has 0 amide bonds. The molecule has 1 rings (SSSR count). The second-order valence-electron chi connectivity index (χ2n) is 2.97. The van der Waals surface area contributed by atoms with E-state index in [1.165, 1.54) is 0 Å². The Morgan fingerprint density at radius 2 is 2.10 bits per heavy atom. The van der Waals surface area contributed by atoms with Crippen molar-refractivity contribution in [2.24, 2.45) is 11.8 Å². The van der Waals surface area contributed by atoms with Gasteiger partial charge in [0.15, 0.2) is 0 Å². The second kappa shape index (κ2) is 2.82. The Hall–Kier alpha value is -0.850. The number of hydrogen-bond donors (Lipinski definition) is 1. The third kappa shape index (κ3) is 1.35. The van der Waals surface area contributed by atoms with E-state index >= 15 is 0 Å². The molecule has 1 N–H and O–H groups in total. The Balaban J connectivity index is 2.70. The summed E-state index contributed by atoms with van der Waals surface area (Å²) in [5.41, 5.74) is 0.734. The molecule has 0 aromatic heterocycles. The summed E-state index contributed by atoms with van der Waals surface area (Å²) < 4.78 is 0. The van der Waals surface area contributed by atoms with Gasteiger partial charge in [0.25, 0.3) is 0 Å². The molecule has 0 fully saturated rings. The lowest BCUT2D eigenvalue weighted by Gasteiger charge is -2.17. The Labute approximate surface area is 62.0 Å². The number of allylic oxidation sites excluding steroid dienone is 4. The zero-order chi connectivity index (χ0) is 7.56. The predicted octanol–water partition coefficient (Wildman–Crippen LogP) is 2.40. The summed E-state index contributed by atoms with van der Waals surface area (Å²) in [6.07, 6.45) is 7.89. The zero-order valence-electron chi connectivity index (χ0n) is 6.46. The van der Waals surface area contributed by atoms with Crippen LogP contribution in [0.2, 0.25) is 0 Å². The van der Waals surface area contributed by atoms with Crippen molar-refractivity contribution in [3.8, 4) is 0 Å². The normalized spacial score (nSPS) is 24.3. The molecule has 0 saturated carbocycles. The molecule has 54 valence electrons. The minimum atomic E-state index is 0.338. The molecule has 0 aliphatic heterocycles. The standard InChI is InChI=1S/C9H13N/c1-7(2)8-5-3-4-6-9(8)10/h3-8,10H,1-2H3. The van der Waals surface area contributed by atoms with Gasteiger partial charge < -0.3 is 5.41 Å². The van der Waals surface area contributed by atoms with Gasteiger partial charge in [-0.3, -0.25) is 0 Å². The van der Waals surface area contributed by atoms with Crippen LogP contribution in [-0.2, 0) is 0 Å². The van der Waals surface area contributed by atoms with E-state index in [-0.39, 0.29) is 0 Å². The first kappa shape index (κ1) is 7.26. The third-order valence-electron chi connectivity index (χ3n) is 1.78. The molecular weight excluding hydrogens is 122 g/mol. The molecule has 0 heterocycles. The first-order chi connectivity index (χ1) is 4.72. The summed E-state index contributed by atoms with van der Waals surface area (Å²) >= 11 is 0. The van der Waals surface area contributed by atoms with Gasteiger partial charge in [0, 0.05) is 11.6 Å². The molecule has 0 bridgehead atoms. The van der Waals surface area contributed by atoms with Crippen LogP contribution in [0.3, 0.4) is 0 Å². The Kier molecular flexibility index (Phi) is 2.05. The lowest BCUT2D eigenvalue weighted by molar-refractivity contribution is 0.575. The van der Waals surface area contributed by atoms with E-state index in [4.69, 9.17) is 5.41 Å². The molecule has 1 heteroatoms. The highest BCUT2D eigenvalue weighted by molar-refractivity contribution is 5.96. The van der Waals surface area contributed by atoms with E-state index in [1.807, 2.05) is 18.2 Å². The van der Waals surface area contributed by atoms with Crippen molar-refractivity contribution in [2.75, 3.05) is 0 Å². The highest BCUT2D eigenvalue weighted by atomic mass is 14.4. The van der Waals surface area contributed by atoms with Crippen molar-refractivity contribution >= 4 is 5.71 Å². The molecule has 0 saturated heterocycles. The molecule has 10 heavy (non-hydrogen) atoms. The first-order valence-electron chi connectivity index (χ1n) is 3.65. The molecule has 0 spiro atoms. The third-order valence-corrected chi connectivity index (χ3v) is 1.78. The summed E-state index contributed by atoms with van der Waals surface area (Å²) in [6, 6.07) is 0. The molecule has 1 nitrogen and oxygen atoms in total. The Morgan fingerprint density at radius 1 is 1.40 bits per heavy atom. The highest BCUT2D eigenvalue weighted by Crippen LogP contribution is 2.17. The highest BCUT2D eigenvalue weighted by Gasteiger charge is 2.14. The van der Waals surface area contributed by atoms with Gasteiger partial charge in [-0.25, -0.2) is 0 Å². The summed E-state index contributed by atoms with van der Waals surface area (Å²) in [5, 5.41) is 7.54. The van der Waals surface area contributed by atoms with Crippen molar-refractivity contribution in [1.29, 1.82) is 5.41 Å². The van der Waals surface area contributed by atoms with Gasteiger partial charge >= 0.3 is 0 Å². The Bertz CT molecular complexity index is 187. The van der Waals surface area contributed by atoms with Crippen LogP contribution in [0.5, 0.6) is 0 Å². The fourth-order valence-corrected chi connectivity index (χ4v) is 1.14. The van der Waals surface area contributed by atoms with Crippen molar-refractivity contribution in [3.63, 3.8) is 0 Å². The first-order valence-corrected chi connectivity index (χ1v) is 3.65. The largest absolute Gasteiger partial charge is 0.305 e. The smallest absolute Gasteiger partial charge is 0.0385 e. The van der Waals surface area contributed by atoms with Crippen LogP contribution < -0.4 is 0 Å². The lowest BCUT2D eigenvalue weighted by atomic mass is 9.88. The minimum absolute atomic E-state index is 0.338. The predicted molar refractivity (Wildman–Crippen MR) is 44.3 cm³/mol. The SMILES string of the molecule is CC(C)C1C=CC=CC1=N. The maximum Gasteiger partial charge on any atom is 0.0385 e. The van der Waals surface area contributed by atoms with E-state index in [0.717, 1.165) is 5.71 Å². The summed E-state index contributed by atoms with van der Waals surface area (Å²) in [4.78, 5) is 0. The van der Waals surface area contributed by atoms with Crippen LogP contribution in [0.15, 0.2) is 24.3 Å². The zero-order valence-corrected chi connectivity index (χ0v) is 6.46. The maximum absolute atomic E-state index is 7.54. The van der Waals surface area contributed by atoms with Crippen LogP contribution in [0.4, 0.5) is 0 Å². The molecule has 1 aliphatic rings. The molecular formula is C9H13N. The van der Waals surface area contributed by atoms with Crippen LogP contribution >= 0.6 is 0 Å². The van der Waals surface area contributed by atoms with Crippen molar-refractivity contribution in [2.45, 2.75) is 13.8 Å². The van der Waals surface area contributed by atoms with Crippen molar-refractivity contribution in [1.82, 2.24) is 0 Å². The lowest BCUT2D eigenvalue weighted by Crippen LogP contribution is -2.16. The van der Waals surface area contributed by atoms with Gasteiger partial charge in [-0.15, -0.1) is 0 Å². The van der Waals surface area contributed by atoms with Gasteiger partial charge in [0.05, 0.1) is 0 Å². The van der Waals surface area contributed by atoms with E-state index in [2.05, 4.69) is 19.9 Å². The van der Waals surface area contributed by atoms with Gasteiger partial charge in [-0.05, 0) is 12.0 Å². The van der Waals surface area contributed by atoms with Crippen molar-refractivity contribution in [3.05, 3.63) is 24.3 Å². The molecule has 1 atom stereocenters. The number of nitrogens with one attached hydrogen (secondary N) is 1. The van der Waals surface area contributed by atoms with Gasteiger partial charge in [-0.2, -0.15) is 0 Å². The van der Waals surface area contributed by atoms with Gasteiger partial charge in [0.1, 0.15) is 0 Å². The van der Waals surface area contributed by atoms with Crippen LogP contribution in [0, 0.1) is 17.2 Å². The number of hydrogen-bond acceptors (Lipinski definition) is 1. The summed E-state index contributed by atoms with van der Waals surface area (Å²) in [7, 11) is 0. The van der Waals surface area contributed by atoms with Crippen LogP contribution in [0.25, 0.3) is 0 Å². The van der Waals surface area contributed by atoms with Gasteiger partial charge in [0.2, 0.25) is 0 Å². The molecule has 0 aromatic carbocycles. The van der Waals surface area contributed by atoms with Crippen LogP contribution in [-0.4, -0.2) is 5.71 Å². The fraction of sp³-hybridized carbons (Fsp3) is 0.444. The average molecular weight is 135 g/mol. The molecule has 1 aliphatic carbocycles. The Morgan fingerprint density at radius 3 is 2.50 bits per heavy atom. The van der Waals surface area contributed by atoms with E-state index < -0.39 is 0 Å². The maximum atomic E-state index is 7.54. The summed E-state index contributed by atoms with van der Waals surface area (Å²) in [5.74, 6) is 0.888. The molecule has 0 aromatic rings. The van der Waals surface area contributed by atoms with E-state index in [9.17, 15) is 0 Å². The summed E-state index contributed by atoms with van der Waals surface area (Å²) in [6.45, 7) is 4.28. The average Bonchev–Trinajstić information content (AvgIpc) is 1.88. The number of rotatable bonds is 1. The van der Waals surface area contributed by atoms with Crippen molar-refractivity contribution < 1.29 is 0 Å². The molecule has 1 unspecified atom stereocenters. The monoisotopic (exact) mass is 135 g/mol. The van der Waals surface area contributed by atoms with Gasteiger partial charge in [-0.1, -0.05) is 32.1 Å². The fourth-order valence-electron chi connectivity index (χ4n) is 1.14. The second-order valence-corrected chi connectivity index (χ2v) is 2.97.